The van der Waals surface area contributed by atoms with Crippen molar-refractivity contribution >= 4 is 15.9 Å². The lowest BCUT2D eigenvalue weighted by Gasteiger charge is -2.34. The highest BCUT2D eigenvalue weighted by atomic mass is 79.9. The van der Waals surface area contributed by atoms with Gasteiger partial charge in [-0.3, -0.25) is 4.90 Å². The smallest absolute Gasteiger partial charge is 0.0233 e. The molecule has 2 rings (SSSR count). The molecule has 2 N–H and O–H groups in total. The van der Waals surface area contributed by atoms with Gasteiger partial charge in [0.15, 0.2) is 0 Å². The Morgan fingerprint density at radius 3 is 2.47 bits per heavy atom. The quantitative estimate of drug-likeness (QED) is 0.892. The van der Waals surface area contributed by atoms with Crippen molar-refractivity contribution in [1.29, 1.82) is 0 Å². The van der Waals surface area contributed by atoms with Crippen LogP contribution in [0, 0.1) is 5.92 Å². The van der Waals surface area contributed by atoms with Crippen molar-refractivity contribution in [3.8, 4) is 0 Å². The lowest BCUT2D eigenvalue weighted by molar-refractivity contribution is 0.160. The molecule has 1 heterocycles. The van der Waals surface area contributed by atoms with Crippen LogP contribution in [0.3, 0.4) is 0 Å². The first-order valence-corrected chi connectivity index (χ1v) is 8.20. The minimum absolute atomic E-state index is 0.417. The van der Waals surface area contributed by atoms with Gasteiger partial charge in [0.2, 0.25) is 0 Å². The molecule has 19 heavy (non-hydrogen) atoms. The Bertz CT molecular complexity index is 369. The molecule has 0 bridgehead atoms. The standard InChI is InChI=1S/C16H25BrN2/c1-2-3-16(18)14-8-10-19(11-9-14)12-13-4-6-15(17)7-5-13/h4-7,14,16H,2-3,8-12,18H2,1H3. The maximum absolute atomic E-state index is 6.25. The van der Waals surface area contributed by atoms with E-state index in [-0.39, 0.29) is 0 Å². The number of rotatable bonds is 5. The van der Waals surface area contributed by atoms with Crippen molar-refractivity contribution in [3.05, 3.63) is 34.3 Å². The van der Waals surface area contributed by atoms with E-state index >= 15 is 0 Å². The second-order valence-corrected chi connectivity index (χ2v) is 6.61. The van der Waals surface area contributed by atoms with E-state index in [1.54, 1.807) is 0 Å². The molecule has 1 aromatic rings. The third-order valence-corrected chi connectivity index (χ3v) is 4.71. The van der Waals surface area contributed by atoms with Gasteiger partial charge < -0.3 is 5.73 Å². The van der Waals surface area contributed by atoms with E-state index in [1.807, 2.05) is 0 Å². The summed E-state index contributed by atoms with van der Waals surface area (Å²) in [6, 6.07) is 9.08. The van der Waals surface area contributed by atoms with Crippen LogP contribution >= 0.6 is 15.9 Å². The van der Waals surface area contributed by atoms with Gasteiger partial charge >= 0.3 is 0 Å². The molecule has 3 heteroatoms. The van der Waals surface area contributed by atoms with E-state index in [1.165, 1.54) is 44.3 Å². The number of hydrogen-bond acceptors (Lipinski definition) is 2. The second-order valence-electron chi connectivity index (χ2n) is 5.69. The average Bonchev–Trinajstić information content (AvgIpc) is 2.42. The van der Waals surface area contributed by atoms with E-state index in [0.717, 1.165) is 16.9 Å². The molecule has 0 aliphatic carbocycles. The van der Waals surface area contributed by atoms with Crippen LogP contribution in [0.15, 0.2) is 28.7 Å². The molecule has 1 aromatic carbocycles. The van der Waals surface area contributed by atoms with Crippen molar-refractivity contribution < 1.29 is 0 Å². The van der Waals surface area contributed by atoms with Gasteiger partial charge in [-0.15, -0.1) is 0 Å². The van der Waals surface area contributed by atoms with Crippen LogP contribution in [0.4, 0.5) is 0 Å². The highest BCUT2D eigenvalue weighted by Crippen LogP contribution is 2.23. The van der Waals surface area contributed by atoms with Crippen LogP contribution in [0.25, 0.3) is 0 Å². The van der Waals surface area contributed by atoms with Gasteiger partial charge in [-0.25, -0.2) is 0 Å². The van der Waals surface area contributed by atoms with Gasteiger partial charge in [0.25, 0.3) is 0 Å². The molecule has 1 saturated heterocycles. The molecule has 106 valence electrons. The van der Waals surface area contributed by atoms with E-state index < -0.39 is 0 Å². The monoisotopic (exact) mass is 324 g/mol. The highest BCUT2D eigenvalue weighted by molar-refractivity contribution is 9.10. The van der Waals surface area contributed by atoms with Gasteiger partial charge in [-0.05, 0) is 56.0 Å². The summed E-state index contributed by atoms with van der Waals surface area (Å²) in [7, 11) is 0. The summed E-state index contributed by atoms with van der Waals surface area (Å²) < 4.78 is 1.15. The van der Waals surface area contributed by atoms with Gasteiger partial charge in [0.05, 0.1) is 0 Å². The molecule has 2 nitrogen and oxygen atoms in total. The lowest BCUT2D eigenvalue weighted by Crippen LogP contribution is -2.40. The van der Waals surface area contributed by atoms with Gasteiger partial charge in [-0.1, -0.05) is 41.4 Å². The summed E-state index contributed by atoms with van der Waals surface area (Å²) in [5.74, 6) is 0.737. The number of likely N-dealkylation sites (tertiary alicyclic amines) is 1. The Balaban J connectivity index is 1.78. The number of piperidine rings is 1. The van der Waals surface area contributed by atoms with Crippen molar-refractivity contribution in [3.63, 3.8) is 0 Å². The van der Waals surface area contributed by atoms with E-state index in [2.05, 4.69) is 52.0 Å². The second kappa shape index (κ2) is 7.41. The predicted molar refractivity (Wildman–Crippen MR) is 85.0 cm³/mol. The summed E-state index contributed by atoms with van der Waals surface area (Å²) in [4.78, 5) is 2.55. The van der Waals surface area contributed by atoms with Crippen LogP contribution in [0.5, 0.6) is 0 Å². The van der Waals surface area contributed by atoms with Crippen LogP contribution in [0.1, 0.15) is 38.2 Å². The molecule has 0 amide bonds. The molecule has 0 spiro atoms. The van der Waals surface area contributed by atoms with Crippen LogP contribution in [-0.4, -0.2) is 24.0 Å². The molecule has 1 atom stereocenters. The molecule has 1 fully saturated rings. The molecule has 1 unspecified atom stereocenters. The molecular weight excluding hydrogens is 300 g/mol. The topological polar surface area (TPSA) is 29.3 Å². The molecule has 1 aliphatic heterocycles. The minimum Gasteiger partial charge on any atom is -0.327 e. The Kier molecular flexibility index (Phi) is 5.86. The molecule has 0 saturated carbocycles. The number of halogens is 1. The van der Waals surface area contributed by atoms with Gasteiger partial charge in [0.1, 0.15) is 0 Å². The Labute approximate surface area is 125 Å². The Morgan fingerprint density at radius 1 is 1.26 bits per heavy atom. The summed E-state index contributed by atoms with van der Waals surface area (Å²) in [6.45, 7) is 5.68. The largest absolute Gasteiger partial charge is 0.327 e. The third-order valence-electron chi connectivity index (χ3n) is 4.18. The average molecular weight is 325 g/mol. The first kappa shape index (κ1) is 15.0. The molecular formula is C16H25BrN2. The zero-order chi connectivity index (χ0) is 13.7. The lowest BCUT2D eigenvalue weighted by atomic mass is 9.87. The summed E-state index contributed by atoms with van der Waals surface area (Å²) in [6.07, 6.45) is 4.91. The summed E-state index contributed by atoms with van der Waals surface area (Å²) in [5, 5.41) is 0. The van der Waals surface area contributed by atoms with Crippen molar-refractivity contribution in [2.24, 2.45) is 11.7 Å². The SMILES string of the molecule is CCCC(N)C1CCN(Cc2ccc(Br)cc2)CC1. The zero-order valence-corrected chi connectivity index (χ0v) is 13.4. The number of nitrogens with two attached hydrogens (primary N) is 1. The molecule has 0 radical (unpaired) electrons. The Hall–Kier alpha value is -0.380. The maximum Gasteiger partial charge on any atom is 0.0233 e. The van der Waals surface area contributed by atoms with Crippen LogP contribution in [0.2, 0.25) is 0 Å². The first-order chi connectivity index (χ1) is 9.19. The van der Waals surface area contributed by atoms with Gasteiger partial charge in [-0.2, -0.15) is 0 Å². The van der Waals surface area contributed by atoms with Crippen LogP contribution < -0.4 is 5.73 Å². The Morgan fingerprint density at radius 2 is 1.89 bits per heavy atom. The normalized spacial score (nSPS) is 19.5. The third kappa shape index (κ3) is 4.59. The van der Waals surface area contributed by atoms with E-state index in [4.69, 9.17) is 5.73 Å². The number of nitrogens with zero attached hydrogens (tertiary/aromatic N) is 1. The van der Waals surface area contributed by atoms with Crippen molar-refractivity contribution in [2.45, 2.75) is 45.2 Å². The van der Waals surface area contributed by atoms with E-state index in [9.17, 15) is 0 Å². The predicted octanol–water partition coefficient (Wildman–Crippen LogP) is 3.79. The number of hydrogen-bond donors (Lipinski definition) is 1. The molecule has 0 aromatic heterocycles. The fraction of sp³-hybridized carbons (Fsp3) is 0.625. The van der Waals surface area contributed by atoms with Crippen LogP contribution in [-0.2, 0) is 6.54 Å². The van der Waals surface area contributed by atoms with Gasteiger partial charge in [0, 0.05) is 17.1 Å². The fourth-order valence-corrected chi connectivity index (χ4v) is 3.22. The highest BCUT2D eigenvalue weighted by Gasteiger charge is 2.23. The summed E-state index contributed by atoms with van der Waals surface area (Å²) in [5.41, 5.74) is 7.65. The van der Waals surface area contributed by atoms with Crippen molar-refractivity contribution in [2.75, 3.05) is 13.1 Å². The fourth-order valence-electron chi connectivity index (χ4n) is 2.96. The zero-order valence-electron chi connectivity index (χ0n) is 11.8. The number of benzene rings is 1. The maximum atomic E-state index is 6.25. The first-order valence-electron chi connectivity index (χ1n) is 7.41. The van der Waals surface area contributed by atoms with Crippen molar-refractivity contribution in [1.82, 2.24) is 4.90 Å². The molecule has 1 aliphatic rings. The van der Waals surface area contributed by atoms with E-state index in [0.29, 0.717) is 6.04 Å². The summed E-state index contributed by atoms with van der Waals surface area (Å²) >= 11 is 3.48. The minimum atomic E-state index is 0.417.